The Morgan fingerprint density at radius 3 is 2.58 bits per heavy atom. The van der Waals surface area contributed by atoms with Crippen LogP contribution in [0.1, 0.15) is 6.92 Å². The molecule has 0 aliphatic carbocycles. The molecule has 1 N–H and O–H groups in total. The number of hydrogen-bond donors (Lipinski definition) is 1. The first-order valence-corrected chi connectivity index (χ1v) is 5.16. The fraction of sp³-hybridized carbons (Fsp3) is 0.400. The van der Waals surface area contributed by atoms with Crippen LogP contribution in [0.25, 0.3) is 0 Å². The van der Waals surface area contributed by atoms with Gasteiger partial charge in [0, 0.05) is 16.7 Å². The van der Waals surface area contributed by atoms with Gasteiger partial charge in [0.05, 0.1) is 0 Å². The number of benzene rings is 1. The third-order valence-corrected chi connectivity index (χ3v) is 3.01. The van der Waals surface area contributed by atoms with E-state index in [4.69, 9.17) is 0 Å². The maximum absolute atomic E-state index is 3.21. The number of rotatable bonds is 4. The van der Waals surface area contributed by atoms with Gasteiger partial charge in [0.2, 0.25) is 0 Å². The van der Waals surface area contributed by atoms with E-state index in [-0.39, 0.29) is 0 Å². The van der Waals surface area contributed by atoms with Gasteiger partial charge < -0.3 is 5.32 Å². The molecule has 2 heteroatoms. The van der Waals surface area contributed by atoms with E-state index in [1.807, 2.05) is 24.9 Å². The first-order valence-electron chi connectivity index (χ1n) is 4.18. The molecule has 1 nitrogen and oxygen atoms in total. The van der Waals surface area contributed by atoms with Crippen LogP contribution in [0.4, 0.5) is 0 Å². The molecule has 0 amide bonds. The van der Waals surface area contributed by atoms with Crippen LogP contribution < -0.4 is 5.32 Å². The fourth-order valence-electron chi connectivity index (χ4n) is 0.821. The second-order valence-corrected chi connectivity index (χ2v) is 3.91. The summed E-state index contributed by atoms with van der Waals surface area (Å²) in [5, 5.41) is 3.21. The molecule has 1 aromatic rings. The highest BCUT2D eigenvalue weighted by molar-refractivity contribution is 7.99. The normalized spacial score (nSPS) is 12.8. The van der Waals surface area contributed by atoms with Crippen molar-refractivity contribution in [2.24, 2.45) is 0 Å². The van der Waals surface area contributed by atoms with Crippen LogP contribution in [0.2, 0.25) is 0 Å². The molecule has 1 aromatic carbocycles. The number of hydrogen-bond acceptors (Lipinski definition) is 2. The Kier molecular flexibility index (Phi) is 4.19. The molecule has 66 valence electrons. The highest BCUT2D eigenvalue weighted by Crippen LogP contribution is 2.17. The molecule has 1 atom stereocenters. The van der Waals surface area contributed by atoms with E-state index in [0.717, 1.165) is 5.75 Å². The molecule has 0 aromatic heterocycles. The zero-order chi connectivity index (χ0) is 8.81. The van der Waals surface area contributed by atoms with Crippen LogP contribution in [0.15, 0.2) is 35.2 Å². The molecule has 12 heavy (non-hydrogen) atoms. The topological polar surface area (TPSA) is 12.0 Å². The van der Waals surface area contributed by atoms with Gasteiger partial charge in [-0.1, -0.05) is 18.2 Å². The first kappa shape index (κ1) is 9.62. The monoisotopic (exact) mass is 181 g/mol. The van der Waals surface area contributed by atoms with E-state index in [2.05, 4.69) is 36.5 Å². The second kappa shape index (κ2) is 5.22. The van der Waals surface area contributed by atoms with Crippen LogP contribution in [0, 0.1) is 0 Å². The molecule has 0 spiro atoms. The zero-order valence-electron chi connectivity index (χ0n) is 7.58. The smallest absolute Gasteiger partial charge is 0.0132 e. The molecule has 0 saturated heterocycles. The van der Waals surface area contributed by atoms with E-state index in [0.29, 0.717) is 6.04 Å². The van der Waals surface area contributed by atoms with Crippen molar-refractivity contribution in [3.8, 4) is 0 Å². The van der Waals surface area contributed by atoms with Crippen LogP contribution >= 0.6 is 11.8 Å². The predicted molar refractivity (Wildman–Crippen MR) is 55.7 cm³/mol. The summed E-state index contributed by atoms with van der Waals surface area (Å²) in [6.07, 6.45) is 0. The summed E-state index contributed by atoms with van der Waals surface area (Å²) >= 11 is 1.89. The Labute approximate surface area is 78.6 Å². The van der Waals surface area contributed by atoms with Gasteiger partial charge in [0.25, 0.3) is 0 Å². The molecule has 0 heterocycles. The maximum atomic E-state index is 3.21. The van der Waals surface area contributed by atoms with Crippen LogP contribution in [-0.4, -0.2) is 18.8 Å². The first-order chi connectivity index (χ1) is 5.83. The van der Waals surface area contributed by atoms with Gasteiger partial charge in [-0.25, -0.2) is 0 Å². The molecule has 0 radical (unpaired) electrons. The zero-order valence-corrected chi connectivity index (χ0v) is 8.40. The Morgan fingerprint density at radius 1 is 1.33 bits per heavy atom. The van der Waals surface area contributed by atoms with E-state index >= 15 is 0 Å². The van der Waals surface area contributed by atoms with Gasteiger partial charge in [-0.3, -0.25) is 0 Å². The highest BCUT2D eigenvalue weighted by Gasteiger charge is 1.98. The molecule has 0 saturated carbocycles. The SMILES string of the molecule is CN[C@@H](C)CSc1ccccc1. The van der Waals surface area contributed by atoms with Crippen molar-refractivity contribution >= 4 is 11.8 Å². The molecule has 0 bridgehead atoms. The van der Waals surface area contributed by atoms with Gasteiger partial charge in [-0.2, -0.15) is 0 Å². The minimum absolute atomic E-state index is 0.579. The van der Waals surface area contributed by atoms with E-state index < -0.39 is 0 Å². The molecular formula is C10H15NS. The third kappa shape index (κ3) is 3.28. The van der Waals surface area contributed by atoms with Crippen molar-refractivity contribution in [1.29, 1.82) is 0 Å². The predicted octanol–water partition coefficient (Wildman–Crippen LogP) is 2.39. The lowest BCUT2D eigenvalue weighted by molar-refractivity contribution is 0.677. The van der Waals surface area contributed by atoms with E-state index in [1.165, 1.54) is 4.90 Å². The van der Waals surface area contributed by atoms with E-state index in [9.17, 15) is 0 Å². The van der Waals surface area contributed by atoms with Gasteiger partial charge in [0.15, 0.2) is 0 Å². The number of thioether (sulfide) groups is 1. The Hall–Kier alpha value is -0.470. The van der Waals surface area contributed by atoms with Crippen molar-refractivity contribution in [2.75, 3.05) is 12.8 Å². The minimum Gasteiger partial charge on any atom is -0.316 e. The van der Waals surface area contributed by atoms with Gasteiger partial charge >= 0.3 is 0 Å². The fourth-order valence-corrected chi connectivity index (χ4v) is 1.78. The van der Waals surface area contributed by atoms with Crippen LogP contribution in [-0.2, 0) is 0 Å². The average molecular weight is 181 g/mol. The molecule has 0 aliphatic heterocycles. The lowest BCUT2D eigenvalue weighted by Gasteiger charge is -2.08. The van der Waals surface area contributed by atoms with Crippen molar-refractivity contribution in [2.45, 2.75) is 17.9 Å². The quantitative estimate of drug-likeness (QED) is 0.716. The van der Waals surface area contributed by atoms with Gasteiger partial charge in [0.1, 0.15) is 0 Å². The van der Waals surface area contributed by atoms with Crippen molar-refractivity contribution < 1.29 is 0 Å². The summed E-state index contributed by atoms with van der Waals surface area (Å²) < 4.78 is 0. The minimum atomic E-state index is 0.579. The molecule has 1 rings (SSSR count). The standard InChI is InChI=1S/C10H15NS/c1-9(11-2)8-12-10-6-4-3-5-7-10/h3-7,9,11H,8H2,1-2H3/t9-/m0/s1. The van der Waals surface area contributed by atoms with Crippen molar-refractivity contribution in [1.82, 2.24) is 5.32 Å². The summed E-state index contributed by atoms with van der Waals surface area (Å²) in [5.41, 5.74) is 0. The third-order valence-electron chi connectivity index (χ3n) is 1.74. The summed E-state index contributed by atoms with van der Waals surface area (Å²) in [7, 11) is 2.00. The summed E-state index contributed by atoms with van der Waals surface area (Å²) in [6, 6.07) is 11.1. The lowest BCUT2D eigenvalue weighted by Crippen LogP contribution is -2.23. The lowest BCUT2D eigenvalue weighted by atomic mass is 10.4. The summed E-state index contributed by atoms with van der Waals surface area (Å²) in [5.74, 6) is 1.13. The maximum Gasteiger partial charge on any atom is 0.0132 e. The molecule has 0 fully saturated rings. The Morgan fingerprint density at radius 2 is 2.00 bits per heavy atom. The molecule has 0 unspecified atom stereocenters. The summed E-state index contributed by atoms with van der Waals surface area (Å²) in [4.78, 5) is 1.35. The van der Waals surface area contributed by atoms with Crippen LogP contribution in [0.5, 0.6) is 0 Å². The van der Waals surface area contributed by atoms with E-state index in [1.54, 1.807) is 0 Å². The highest BCUT2D eigenvalue weighted by atomic mass is 32.2. The Bertz CT molecular complexity index is 210. The summed E-state index contributed by atoms with van der Waals surface area (Å²) in [6.45, 7) is 2.19. The molecular weight excluding hydrogens is 166 g/mol. The van der Waals surface area contributed by atoms with Gasteiger partial charge in [-0.15, -0.1) is 11.8 Å². The largest absolute Gasteiger partial charge is 0.316 e. The molecule has 0 aliphatic rings. The van der Waals surface area contributed by atoms with Gasteiger partial charge in [-0.05, 0) is 26.1 Å². The van der Waals surface area contributed by atoms with Crippen molar-refractivity contribution in [3.63, 3.8) is 0 Å². The average Bonchev–Trinajstić information content (AvgIpc) is 2.16. The number of nitrogens with one attached hydrogen (secondary N) is 1. The van der Waals surface area contributed by atoms with Crippen molar-refractivity contribution in [3.05, 3.63) is 30.3 Å². The van der Waals surface area contributed by atoms with Crippen LogP contribution in [0.3, 0.4) is 0 Å². The second-order valence-electron chi connectivity index (χ2n) is 2.81. The Balaban J connectivity index is 2.33.